The van der Waals surface area contributed by atoms with Crippen molar-refractivity contribution < 1.29 is 9.84 Å². The van der Waals surface area contributed by atoms with E-state index in [1.807, 2.05) is 13.0 Å². The molecule has 0 bridgehead atoms. The fraction of sp³-hybridized carbons (Fsp3) is 0.400. The summed E-state index contributed by atoms with van der Waals surface area (Å²) < 4.78 is 5.13. The summed E-state index contributed by atoms with van der Waals surface area (Å²) in [6, 6.07) is 5.08. The highest BCUT2D eigenvalue weighted by Crippen LogP contribution is 2.29. The standard InChI is InChI=1S/C10H15NO2/c1-7(6-11)9-4-3-8(12)5-10(9)13-2/h3-5,7,12H,6,11H2,1-2H3. The number of nitrogens with two attached hydrogens (primary N) is 1. The number of aromatic hydroxyl groups is 1. The second-order valence-electron chi connectivity index (χ2n) is 3.06. The Labute approximate surface area is 78.1 Å². The van der Waals surface area contributed by atoms with Gasteiger partial charge in [0, 0.05) is 6.07 Å². The van der Waals surface area contributed by atoms with Gasteiger partial charge in [-0.15, -0.1) is 0 Å². The molecule has 0 radical (unpaired) electrons. The number of ether oxygens (including phenoxy) is 1. The van der Waals surface area contributed by atoms with Gasteiger partial charge in [-0.05, 0) is 24.1 Å². The Kier molecular flexibility index (Phi) is 3.14. The number of hydrogen-bond donors (Lipinski definition) is 2. The third-order valence-corrected chi connectivity index (χ3v) is 2.10. The molecule has 0 fully saturated rings. The molecule has 1 aromatic rings. The lowest BCUT2D eigenvalue weighted by molar-refractivity contribution is 0.400. The largest absolute Gasteiger partial charge is 0.508 e. The third-order valence-electron chi connectivity index (χ3n) is 2.10. The van der Waals surface area contributed by atoms with Crippen LogP contribution in [0.4, 0.5) is 0 Å². The maximum absolute atomic E-state index is 9.21. The van der Waals surface area contributed by atoms with Crippen LogP contribution in [0.25, 0.3) is 0 Å². The molecule has 1 atom stereocenters. The van der Waals surface area contributed by atoms with Gasteiger partial charge < -0.3 is 15.6 Å². The second kappa shape index (κ2) is 4.14. The summed E-state index contributed by atoms with van der Waals surface area (Å²) in [5.41, 5.74) is 6.58. The van der Waals surface area contributed by atoms with Crippen molar-refractivity contribution in [2.45, 2.75) is 12.8 Å². The number of phenolic OH excluding ortho intramolecular Hbond substituents is 1. The topological polar surface area (TPSA) is 55.5 Å². The fourth-order valence-electron chi connectivity index (χ4n) is 1.23. The van der Waals surface area contributed by atoms with Crippen LogP contribution in [-0.2, 0) is 0 Å². The van der Waals surface area contributed by atoms with Crippen LogP contribution in [0.1, 0.15) is 18.4 Å². The van der Waals surface area contributed by atoms with E-state index in [-0.39, 0.29) is 11.7 Å². The molecule has 1 aromatic carbocycles. The van der Waals surface area contributed by atoms with E-state index in [1.54, 1.807) is 19.2 Å². The molecule has 0 heterocycles. The van der Waals surface area contributed by atoms with Gasteiger partial charge >= 0.3 is 0 Å². The Bertz CT molecular complexity index is 286. The van der Waals surface area contributed by atoms with Crippen LogP contribution < -0.4 is 10.5 Å². The number of benzene rings is 1. The highest BCUT2D eigenvalue weighted by molar-refractivity contribution is 5.41. The molecular weight excluding hydrogens is 166 g/mol. The van der Waals surface area contributed by atoms with Crippen molar-refractivity contribution in [3.05, 3.63) is 23.8 Å². The van der Waals surface area contributed by atoms with Crippen molar-refractivity contribution in [3.63, 3.8) is 0 Å². The lowest BCUT2D eigenvalue weighted by atomic mass is 10.0. The predicted octanol–water partition coefficient (Wildman–Crippen LogP) is 1.46. The summed E-state index contributed by atoms with van der Waals surface area (Å²) in [7, 11) is 1.58. The third kappa shape index (κ3) is 2.12. The van der Waals surface area contributed by atoms with Crippen molar-refractivity contribution in [3.8, 4) is 11.5 Å². The van der Waals surface area contributed by atoms with Gasteiger partial charge in [0.25, 0.3) is 0 Å². The molecular formula is C10H15NO2. The highest BCUT2D eigenvalue weighted by Gasteiger charge is 2.09. The van der Waals surface area contributed by atoms with Gasteiger partial charge in [-0.2, -0.15) is 0 Å². The minimum atomic E-state index is 0.213. The first-order valence-corrected chi connectivity index (χ1v) is 4.26. The van der Waals surface area contributed by atoms with Crippen molar-refractivity contribution in [1.29, 1.82) is 0 Å². The fourth-order valence-corrected chi connectivity index (χ4v) is 1.23. The zero-order valence-electron chi connectivity index (χ0n) is 7.95. The van der Waals surface area contributed by atoms with Gasteiger partial charge in [0.1, 0.15) is 11.5 Å². The average molecular weight is 181 g/mol. The molecule has 0 aliphatic rings. The summed E-state index contributed by atoms with van der Waals surface area (Å²) >= 11 is 0. The van der Waals surface area contributed by atoms with Crippen LogP contribution in [-0.4, -0.2) is 18.8 Å². The summed E-state index contributed by atoms with van der Waals surface area (Å²) in [6.45, 7) is 2.59. The molecule has 1 rings (SSSR count). The van der Waals surface area contributed by atoms with E-state index in [9.17, 15) is 5.11 Å². The van der Waals surface area contributed by atoms with E-state index in [0.717, 1.165) is 5.56 Å². The number of phenols is 1. The lowest BCUT2D eigenvalue weighted by Crippen LogP contribution is -2.09. The van der Waals surface area contributed by atoms with Crippen LogP contribution in [0.5, 0.6) is 11.5 Å². The Morgan fingerprint density at radius 2 is 2.23 bits per heavy atom. The summed E-state index contributed by atoms with van der Waals surface area (Å²) in [4.78, 5) is 0. The quantitative estimate of drug-likeness (QED) is 0.742. The number of methoxy groups -OCH3 is 1. The molecule has 1 unspecified atom stereocenters. The molecule has 13 heavy (non-hydrogen) atoms. The Morgan fingerprint density at radius 1 is 1.54 bits per heavy atom. The molecule has 0 amide bonds. The SMILES string of the molecule is COc1cc(O)ccc1C(C)CN. The normalized spacial score (nSPS) is 12.5. The number of rotatable bonds is 3. The summed E-state index contributed by atoms with van der Waals surface area (Å²) in [5, 5.41) is 9.21. The molecule has 0 spiro atoms. The molecule has 0 aliphatic heterocycles. The van der Waals surface area contributed by atoms with E-state index in [2.05, 4.69) is 0 Å². The maximum atomic E-state index is 9.21. The molecule has 0 aliphatic carbocycles. The first kappa shape index (κ1) is 9.86. The molecule has 0 aromatic heterocycles. The van der Waals surface area contributed by atoms with Crippen LogP contribution in [0, 0.1) is 0 Å². The van der Waals surface area contributed by atoms with E-state index in [1.165, 1.54) is 0 Å². The van der Waals surface area contributed by atoms with Crippen LogP contribution in [0.3, 0.4) is 0 Å². The highest BCUT2D eigenvalue weighted by atomic mass is 16.5. The molecule has 0 saturated heterocycles. The molecule has 72 valence electrons. The summed E-state index contributed by atoms with van der Waals surface area (Å²) in [6.07, 6.45) is 0. The van der Waals surface area contributed by atoms with Gasteiger partial charge in [0.2, 0.25) is 0 Å². The smallest absolute Gasteiger partial charge is 0.126 e. The van der Waals surface area contributed by atoms with Crippen molar-refractivity contribution >= 4 is 0 Å². The average Bonchev–Trinajstić information content (AvgIpc) is 2.16. The van der Waals surface area contributed by atoms with Crippen LogP contribution in [0.15, 0.2) is 18.2 Å². The molecule has 3 heteroatoms. The first-order chi connectivity index (χ1) is 6.19. The van der Waals surface area contributed by atoms with Crippen molar-refractivity contribution in [2.24, 2.45) is 5.73 Å². The van der Waals surface area contributed by atoms with Gasteiger partial charge in [0.15, 0.2) is 0 Å². The van der Waals surface area contributed by atoms with Crippen LogP contribution in [0.2, 0.25) is 0 Å². The Hall–Kier alpha value is -1.22. The van der Waals surface area contributed by atoms with E-state index in [4.69, 9.17) is 10.5 Å². The zero-order chi connectivity index (χ0) is 9.84. The second-order valence-corrected chi connectivity index (χ2v) is 3.06. The van der Waals surface area contributed by atoms with Crippen LogP contribution >= 0.6 is 0 Å². The minimum absolute atomic E-state index is 0.213. The van der Waals surface area contributed by atoms with E-state index >= 15 is 0 Å². The minimum Gasteiger partial charge on any atom is -0.508 e. The maximum Gasteiger partial charge on any atom is 0.126 e. The summed E-state index contributed by atoms with van der Waals surface area (Å²) in [5.74, 6) is 1.15. The van der Waals surface area contributed by atoms with Crippen molar-refractivity contribution in [1.82, 2.24) is 0 Å². The first-order valence-electron chi connectivity index (χ1n) is 4.26. The Morgan fingerprint density at radius 3 is 2.77 bits per heavy atom. The Balaban J connectivity index is 3.05. The van der Waals surface area contributed by atoms with E-state index in [0.29, 0.717) is 12.3 Å². The van der Waals surface area contributed by atoms with Gasteiger partial charge in [-0.25, -0.2) is 0 Å². The monoisotopic (exact) mass is 181 g/mol. The molecule has 0 saturated carbocycles. The van der Waals surface area contributed by atoms with Crippen molar-refractivity contribution in [2.75, 3.05) is 13.7 Å². The molecule has 3 nitrogen and oxygen atoms in total. The zero-order valence-corrected chi connectivity index (χ0v) is 7.95. The lowest BCUT2D eigenvalue weighted by Gasteiger charge is -2.13. The van der Waals surface area contributed by atoms with Gasteiger partial charge in [-0.1, -0.05) is 13.0 Å². The van der Waals surface area contributed by atoms with E-state index < -0.39 is 0 Å². The molecule has 3 N–H and O–H groups in total. The van der Waals surface area contributed by atoms with Gasteiger partial charge in [0.05, 0.1) is 7.11 Å². The number of hydrogen-bond acceptors (Lipinski definition) is 3. The van der Waals surface area contributed by atoms with Gasteiger partial charge in [-0.3, -0.25) is 0 Å². The predicted molar refractivity (Wildman–Crippen MR) is 52.1 cm³/mol.